The second kappa shape index (κ2) is 2.26. The molecule has 0 spiro atoms. The first-order chi connectivity index (χ1) is 3.42. The van der Waals surface area contributed by atoms with Gasteiger partial charge in [-0.1, -0.05) is 0 Å². The fourth-order valence-corrected chi connectivity index (χ4v) is 1.03. The van der Waals surface area contributed by atoms with E-state index >= 15 is 0 Å². The van der Waals surface area contributed by atoms with Crippen molar-refractivity contribution < 1.29 is 13.3 Å². The minimum atomic E-state index is -3.07. The molecule has 0 saturated carbocycles. The molecular weight excluding hydrogens is 127 g/mol. The van der Waals surface area contributed by atoms with Gasteiger partial charge in [-0.2, -0.15) is 0 Å². The van der Waals surface area contributed by atoms with Crippen molar-refractivity contribution in [1.82, 2.24) is 0 Å². The molecule has 0 radical (unpaired) electrons. The molecule has 0 unspecified atom stereocenters. The second-order valence-electron chi connectivity index (χ2n) is 1.96. The molecule has 0 amide bonds. The predicted molar refractivity (Wildman–Crippen MR) is 30.4 cm³/mol. The van der Waals surface area contributed by atoms with E-state index in [-0.39, 0.29) is 0 Å². The quantitative estimate of drug-likeness (QED) is 0.400. The van der Waals surface area contributed by atoms with E-state index in [2.05, 4.69) is 4.43 Å². The maximum absolute atomic E-state index is 12.3. The lowest BCUT2D eigenvalue weighted by Crippen LogP contribution is -2.26. The molecule has 0 bridgehead atoms. The van der Waals surface area contributed by atoms with Crippen LogP contribution in [-0.4, -0.2) is 14.6 Å². The lowest BCUT2D eigenvalue weighted by atomic mass is 10.9. The summed E-state index contributed by atoms with van der Waals surface area (Å²) in [5.41, 5.74) is 0. The van der Waals surface area contributed by atoms with Gasteiger partial charge in [0.05, 0.1) is 0 Å². The molecule has 0 N–H and O–H groups in total. The van der Waals surface area contributed by atoms with Crippen molar-refractivity contribution in [3.63, 3.8) is 0 Å². The van der Waals surface area contributed by atoms with Gasteiger partial charge in [0.1, 0.15) is 0 Å². The van der Waals surface area contributed by atoms with Crippen LogP contribution in [0, 0.1) is 0 Å². The van der Waals surface area contributed by atoms with E-state index < -0.39 is 14.6 Å². The minimum Gasteiger partial charge on any atom is -0.491 e. The molecule has 0 saturated heterocycles. The van der Waals surface area contributed by atoms with Gasteiger partial charge in [0.15, 0.2) is 0 Å². The van der Waals surface area contributed by atoms with Gasteiger partial charge in [0, 0.05) is 6.92 Å². The monoisotopic (exact) mass is 136 g/mol. The van der Waals surface area contributed by atoms with E-state index in [4.69, 9.17) is 0 Å². The Morgan fingerprint density at radius 2 is 2.00 bits per heavy atom. The van der Waals surface area contributed by atoms with Crippen molar-refractivity contribution in [3.8, 4) is 0 Å². The third kappa shape index (κ3) is 5.62. The molecule has 0 aliphatic heterocycles. The van der Waals surface area contributed by atoms with Gasteiger partial charge in [0.2, 0.25) is 0 Å². The molecular formula is C4H9FO2Si. The first kappa shape index (κ1) is 7.62. The summed E-state index contributed by atoms with van der Waals surface area (Å²) in [6, 6.07) is 0. The second-order valence-corrected chi connectivity index (χ2v) is 4.89. The summed E-state index contributed by atoms with van der Waals surface area (Å²) < 4.78 is 16.6. The third-order valence-electron chi connectivity index (χ3n) is 0.386. The molecule has 0 aliphatic carbocycles. The molecule has 0 atom stereocenters. The van der Waals surface area contributed by atoms with Gasteiger partial charge in [-0.3, -0.25) is 8.90 Å². The minimum absolute atomic E-state index is 0.538. The summed E-state index contributed by atoms with van der Waals surface area (Å²) in [6.45, 7) is 3.83. The van der Waals surface area contributed by atoms with E-state index in [0.717, 1.165) is 0 Å². The first-order valence-electron chi connectivity index (χ1n) is 2.30. The fraction of sp³-hybridized carbons (Fsp3) is 0.750. The van der Waals surface area contributed by atoms with E-state index in [1.54, 1.807) is 0 Å². The van der Waals surface area contributed by atoms with Crippen molar-refractivity contribution in [3.05, 3.63) is 0 Å². The highest BCUT2D eigenvalue weighted by Gasteiger charge is 2.24. The zero-order valence-electron chi connectivity index (χ0n) is 5.19. The standard InChI is InChI=1S/C4H9FO2Si/c1-4(6)7-8(2,3)5/h1-3H3. The van der Waals surface area contributed by atoms with E-state index in [1.165, 1.54) is 20.0 Å². The van der Waals surface area contributed by atoms with Crippen LogP contribution in [0.2, 0.25) is 13.1 Å². The highest BCUT2D eigenvalue weighted by atomic mass is 28.4. The zero-order chi connectivity index (χ0) is 6.78. The average Bonchev–Trinajstić information content (AvgIpc) is 1.21. The van der Waals surface area contributed by atoms with Crippen LogP contribution in [0.4, 0.5) is 4.11 Å². The molecule has 0 fully saturated rings. The Hall–Kier alpha value is -0.383. The number of rotatable bonds is 1. The zero-order valence-corrected chi connectivity index (χ0v) is 6.19. The Kier molecular flexibility index (Phi) is 2.15. The van der Waals surface area contributed by atoms with Crippen LogP contribution in [0.15, 0.2) is 0 Å². The van der Waals surface area contributed by atoms with Gasteiger partial charge < -0.3 is 4.43 Å². The smallest absolute Gasteiger partial charge is 0.436 e. The summed E-state index contributed by atoms with van der Waals surface area (Å²) in [4.78, 5) is 10.0. The molecule has 0 aromatic heterocycles. The maximum Gasteiger partial charge on any atom is 0.436 e. The third-order valence-corrected chi connectivity index (χ3v) is 1.16. The van der Waals surface area contributed by atoms with E-state index in [0.29, 0.717) is 0 Å². The van der Waals surface area contributed by atoms with Crippen molar-refractivity contribution in [2.45, 2.75) is 20.0 Å². The van der Waals surface area contributed by atoms with Gasteiger partial charge >= 0.3 is 8.65 Å². The average molecular weight is 136 g/mol. The van der Waals surface area contributed by atoms with Crippen LogP contribution in [0.25, 0.3) is 0 Å². The molecule has 0 aliphatic rings. The Morgan fingerprint density at radius 3 is 2.00 bits per heavy atom. The summed E-state index contributed by atoms with van der Waals surface area (Å²) in [7, 11) is -3.07. The lowest BCUT2D eigenvalue weighted by Gasteiger charge is -2.09. The van der Waals surface area contributed by atoms with Crippen LogP contribution < -0.4 is 0 Å². The summed E-state index contributed by atoms with van der Waals surface area (Å²) in [5, 5.41) is 0. The van der Waals surface area contributed by atoms with Gasteiger partial charge in [-0.25, -0.2) is 0 Å². The van der Waals surface area contributed by atoms with Gasteiger partial charge in [-0.05, 0) is 13.1 Å². The Labute approximate surface area is 49.0 Å². The molecule has 2 nitrogen and oxygen atoms in total. The van der Waals surface area contributed by atoms with Crippen molar-refractivity contribution in [1.29, 1.82) is 0 Å². The molecule has 4 heteroatoms. The van der Waals surface area contributed by atoms with Crippen LogP contribution in [-0.2, 0) is 9.22 Å². The number of carbonyl (C=O) groups is 1. The molecule has 8 heavy (non-hydrogen) atoms. The summed E-state index contributed by atoms with van der Waals surface area (Å²) in [6.07, 6.45) is 0. The Morgan fingerprint density at radius 1 is 1.62 bits per heavy atom. The van der Waals surface area contributed by atoms with Crippen LogP contribution in [0.3, 0.4) is 0 Å². The van der Waals surface area contributed by atoms with E-state index in [1.807, 2.05) is 0 Å². The lowest BCUT2D eigenvalue weighted by molar-refractivity contribution is -0.133. The molecule has 0 rings (SSSR count). The number of hydrogen-bond donors (Lipinski definition) is 0. The molecule has 48 valence electrons. The fourth-order valence-electron chi connectivity index (χ4n) is 0.342. The van der Waals surface area contributed by atoms with Crippen molar-refractivity contribution in [2.24, 2.45) is 0 Å². The number of hydrogen-bond acceptors (Lipinski definition) is 2. The topological polar surface area (TPSA) is 26.3 Å². The summed E-state index contributed by atoms with van der Waals surface area (Å²) in [5.74, 6) is -0.538. The highest BCUT2D eigenvalue weighted by molar-refractivity contribution is 6.65. The number of carbonyl (C=O) groups excluding carboxylic acids is 1. The Balaban J connectivity index is 3.55. The first-order valence-corrected chi connectivity index (χ1v) is 5.09. The van der Waals surface area contributed by atoms with Gasteiger partial charge in [-0.15, -0.1) is 0 Å². The van der Waals surface area contributed by atoms with Crippen LogP contribution >= 0.6 is 0 Å². The largest absolute Gasteiger partial charge is 0.491 e. The molecule has 0 heterocycles. The predicted octanol–water partition coefficient (Wildman–Crippen LogP) is 1.22. The summed E-state index contributed by atoms with van der Waals surface area (Å²) >= 11 is 0. The maximum atomic E-state index is 12.3. The Bertz CT molecular complexity index is 96.7. The van der Waals surface area contributed by atoms with Crippen molar-refractivity contribution in [2.75, 3.05) is 0 Å². The van der Waals surface area contributed by atoms with Crippen molar-refractivity contribution >= 4 is 14.6 Å². The normalized spacial score (nSPS) is 11.0. The van der Waals surface area contributed by atoms with E-state index in [9.17, 15) is 8.90 Å². The SMILES string of the molecule is CC(=O)O[Si](C)(C)F. The van der Waals surface area contributed by atoms with Crippen LogP contribution in [0.1, 0.15) is 6.92 Å². The van der Waals surface area contributed by atoms with Gasteiger partial charge in [0.25, 0.3) is 5.97 Å². The van der Waals surface area contributed by atoms with Crippen LogP contribution in [0.5, 0.6) is 0 Å². The highest BCUT2D eigenvalue weighted by Crippen LogP contribution is 2.03. The molecule has 0 aromatic carbocycles. The molecule has 0 aromatic rings. The number of halogens is 1.